The van der Waals surface area contributed by atoms with Crippen LogP contribution >= 0.6 is 0 Å². The Bertz CT molecular complexity index is 1160. The first kappa shape index (κ1) is 23.8. The summed E-state index contributed by atoms with van der Waals surface area (Å²) in [5.74, 6) is -4.41. The van der Waals surface area contributed by atoms with Crippen LogP contribution in [-0.2, 0) is 17.3 Å². The SMILES string of the molecule is COc1cnc(NC(C)=O)cc1Nc1cc(-c2cnn(CC(F)(F)F)c2)nc(C(C)(F)F)n1. The second-order valence-corrected chi connectivity index (χ2v) is 6.97. The third-order valence-electron chi connectivity index (χ3n) is 4.04. The van der Waals surface area contributed by atoms with Gasteiger partial charge >= 0.3 is 12.1 Å². The lowest BCUT2D eigenvalue weighted by Crippen LogP contribution is -2.17. The third kappa shape index (κ3) is 6.33. The summed E-state index contributed by atoms with van der Waals surface area (Å²) in [4.78, 5) is 22.9. The van der Waals surface area contributed by atoms with Gasteiger partial charge in [0.15, 0.2) is 5.75 Å². The Morgan fingerprint density at radius 1 is 1.12 bits per heavy atom. The first-order chi connectivity index (χ1) is 15.3. The highest BCUT2D eigenvalue weighted by Gasteiger charge is 2.31. The molecule has 3 aromatic rings. The fourth-order valence-electron chi connectivity index (χ4n) is 2.71. The van der Waals surface area contributed by atoms with E-state index in [0.717, 1.165) is 12.4 Å². The zero-order chi connectivity index (χ0) is 24.4. The number of carbonyl (C=O) groups is 1. The molecule has 0 saturated heterocycles. The van der Waals surface area contributed by atoms with Gasteiger partial charge in [-0.15, -0.1) is 0 Å². The summed E-state index contributed by atoms with van der Waals surface area (Å²) in [7, 11) is 1.35. The van der Waals surface area contributed by atoms with Gasteiger partial charge in [-0.3, -0.25) is 9.48 Å². The fraction of sp³-hybridized carbons (Fsp3) is 0.316. The molecule has 0 fully saturated rings. The normalized spacial score (nSPS) is 11.9. The van der Waals surface area contributed by atoms with Crippen LogP contribution in [0.25, 0.3) is 11.3 Å². The maximum absolute atomic E-state index is 14.0. The van der Waals surface area contributed by atoms with E-state index >= 15 is 0 Å². The highest BCUT2D eigenvalue weighted by atomic mass is 19.4. The van der Waals surface area contributed by atoms with Crippen molar-refractivity contribution in [3.8, 4) is 17.0 Å². The summed E-state index contributed by atoms with van der Waals surface area (Å²) < 4.78 is 71.8. The Morgan fingerprint density at radius 3 is 2.45 bits per heavy atom. The van der Waals surface area contributed by atoms with Gasteiger partial charge < -0.3 is 15.4 Å². The number of carbonyl (C=O) groups excluding carboxylic acids is 1. The number of anilines is 3. The fourth-order valence-corrected chi connectivity index (χ4v) is 2.71. The quantitative estimate of drug-likeness (QED) is 0.499. The van der Waals surface area contributed by atoms with Gasteiger partial charge in [0.25, 0.3) is 0 Å². The standard InChI is InChI=1S/C19H18F5N7O2/c1-10(32)27-15-5-13(14(33-3)7-25-15)28-16-4-12(29-17(30-16)18(2,20)21)11-6-26-31(8-11)9-19(22,23)24/h4-8H,9H2,1-3H3,(H2,25,27,28,29,30,32). The molecule has 0 aliphatic rings. The van der Waals surface area contributed by atoms with Gasteiger partial charge in [-0.1, -0.05) is 0 Å². The third-order valence-corrected chi connectivity index (χ3v) is 4.04. The lowest BCUT2D eigenvalue weighted by Gasteiger charge is -2.15. The molecule has 33 heavy (non-hydrogen) atoms. The Morgan fingerprint density at radius 2 is 1.85 bits per heavy atom. The van der Waals surface area contributed by atoms with Crippen LogP contribution in [0.5, 0.6) is 5.75 Å². The number of hydrogen-bond donors (Lipinski definition) is 2. The van der Waals surface area contributed by atoms with Crippen molar-refractivity contribution in [1.82, 2.24) is 24.7 Å². The van der Waals surface area contributed by atoms with Crippen LogP contribution in [-0.4, -0.2) is 43.9 Å². The first-order valence-electron chi connectivity index (χ1n) is 9.29. The molecule has 14 heteroatoms. The summed E-state index contributed by atoms with van der Waals surface area (Å²) in [6.45, 7) is 0.523. The van der Waals surface area contributed by atoms with Gasteiger partial charge in [0, 0.05) is 37.7 Å². The number of ether oxygens (including phenoxy) is 1. The van der Waals surface area contributed by atoms with Crippen LogP contribution < -0.4 is 15.4 Å². The molecular formula is C19H18F5N7O2. The minimum Gasteiger partial charge on any atom is -0.493 e. The van der Waals surface area contributed by atoms with Crippen LogP contribution in [0.15, 0.2) is 30.7 Å². The zero-order valence-electron chi connectivity index (χ0n) is 17.5. The van der Waals surface area contributed by atoms with Crippen molar-refractivity contribution in [3.05, 3.63) is 36.5 Å². The summed E-state index contributed by atoms with van der Waals surface area (Å²) in [6.07, 6.45) is -1.09. The maximum Gasteiger partial charge on any atom is 0.408 e. The van der Waals surface area contributed by atoms with Crippen molar-refractivity contribution < 1.29 is 31.5 Å². The first-order valence-corrected chi connectivity index (χ1v) is 9.29. The molecule has 0 radical (unpaired) electrons. The Kier molecular flexibility index (Phi) is 6.46. The van der Waals surface area contributed by atoms with Crippen LogP contribution in [0.3, 0.4) is 0 Å². The number of amides is 1. The average Bonchev–Trinajstić information content (AvgIpc) is 3.13. The van der Waals surface area contributed by atoms with Gasteiger partial charge in [0.05, 0.1) is 30.9 Å². The Hall–Kier alpha value is -3.84. The van der Waals surface area contributed by atoms with E-state index in [2.05, 4.69) is 30.7 Å². The summed E-state index contributed by atoms with van der Waals surface area (Å²) in [5.41, 5.74) is 0.238. The number of aromatic nitrogens is 5. The van der Waals surface area contributed by atoms with Gasteiger partial charge in [-0.25, -0.2) is 15.0 Å². The van der Waals surface area contributed by atoms with Crippen molar-refractivity contribution in [2.45, 2.75) is 32.5 Å². The Balaban J connectivity index is 2.02. The number of nitrogens with zero attached hydrogens (tertiary/aromatic N) is 5. The molecule has 3 rings (SSSR count). The number of nitrogens with one attached hydrogen (secondary N) is 2. The molecule has 0 aliphatic carbocycles. The average molecular weight is 471 g/mol. The van der Waals surface area contributed by atoms with Crippen LogP contribution in [0.4, 0.5) is 39.3 Å². The minimum absolute atomic E-state index is 0.0763. The summed E-state index contributed by atoms with van der Waals surface area (Å²) in [6, 6.07) is 2.66. The van der Waals surface area contributed by atoms with Crippen molar-refractivity contribution >= 4 is 23.2 Å². The van der Waals surface area contributed by atoms with E-state index in [1.54, 1.807) is 0 Å². The zero-order valence-corrected chi connectivity index (χ0v) is 17.5. The molecule has 3 heterocycles. The van der Waals surface area contributed by atoms with E-state index in [1.807, 2.05) is 0 Å². The number of pyridine rings is 1. The molecule has 0 unspecified atom stereocenters. The van der Waals surface area contributed by atoms with Crippen LogP contribution in [0.1, 0.15) is 19.7 Å². The molecule has 0 atom stereocenters. The maximum atomic E-state index is 14.0. The monoisotopic (exact) mass is 471 g/mol. The van der Waals surface area contributed by atoms with Crippen molar-refractivity contribution in [2.75, 3.05) is 17.7 Å². The molecule has 0 aromatic carbocycles. The minimum atomic E-state index is -4.51. The van der Waals surface area contributed by atoms with E-state index in [-0.39, 0.29) is 40.2 Å². The van der Waals surface area contributed by atoms with E-state index in [4.69, 9.17) is 4.74 Å². The molecule has 1 amide bonds. The molecule has 0 spiro atoms. The Labute approximate surface area is 184 Å². The molecule has 0 aliphatic heterocycles. The van der Waals surface area contributed by atoms with E-state index in [9.17, 15) is 26.7 Å². The predicted octanol–water partition coefficient (Wildman–Crippen LogP) is 4.12. The summed E-state index contributed by atoms with van der Waals surface area (Å²) >= 11 is 0. The van der Waals surface area contributed by atoms with E-state index in [0.29, 0.717) is 11.6 Å². The molecular weight excluding hydrogens is 453 g/mol. The molecule has 0 bridgehead atoms. The highest BCUT2D eigenvalue weighted by molar-refractivity contribution is 5.88. The van der Waals surface area contributed by atoms with E-state index < -0.39 is 24.5 Å². The molecule has 0 saturated carbocycles. The summed E-state index contributed by atoms with van der Waals surface area (Å²) in [5, 5.41) is 8.88. The largest absolute Gasteiger partial charge is 0.493 e. The lowest BCUT2D eigenvalue weighted by molar-refractivity contribution is -0.142. The number of hydrogen-bond acceptors (Lipinski definition) is 7. The van der Waals surface area contributed by atoms with Gasteiger partial charge in [-0.05, 0) is 0 Å². The number of alkyl halides is 5. The van der Waals surface area contributed by atoms with Crippen molar-refractivity contribution in [3.63, 3.8) is 0 Å². The van der Waals surface area contributed by atoms with Crippen LogP contribution in [0.2, 0.25) is 0 Å². The van der Waals surface area contributed by atoms with Crippen molar-refractivity contribution in [1.29, 1.82) is 0 Å². The van der Waals surface area contributed by atoms with Gasteiger partial charge in [-0.2, -0.15) is 27.1 Å². The van der Waals surface area contributed by atoms with E-state index in [1.165, 1.54) is 32.4 Å². The molecule has 176 valence electrons. The number of methoxy groups -OCH3 is 1. The van der Waals surface area contributed by atoms with Crippen molar-refractivity contribution in [2.24, 2.45) is 0 Å². The second kappa shape index (κ2) is 8.96. The highest BCUT2D eigenvalue weighted by Crippen LogP contribution is 2.32. The number of rotatable bonds is 7. The van der Waals surface area contributed by atoms with Gasteiger partial charge in [0.1, 0.15) is 18.2 Å². The van der Waals surface area contributed by atoms with Crippen LogP contribution in [0, 0.1) is 0 Å². The number of halogens is 5. The van der Waals surface area contributed by atoms with Gasteiger partial charge in [0.2, 0.25) is 11.7 Å². The lowest BCUT2D eigenvalue weighted by atomic mass is 10.2. The molecule has 3 aromatic heterocycles. The molecule has 9 nitrogen and oxygen atoms in total. The topological polar surface area (TPSA) is 107 Å². The smallest absolute Gasteiger partial charge is 0.408 e. The second-order valence-electron chi connectivity index (χ2n) is 6.97. The molecule has 2 N–H and O–H groups in total. The predicted molar refractivity (Wildman–Crippen MR) is 107 cm³/mol.